The van der Waals surface area contributed by atoms with Gasteiger partial charge in [-0.05, 0) is 24.5 Å². The molecule has 0 spiro atoms. The van der Waals surface area contributed by atoms with Crippen LogP contribution >= 0.6 is 11.8 Å². The number of urea groups is 1. The van der Waals surface area contributed by atoms with Crippen LogP contribution in [0.4, 0.5) is 4.79 Å². The maximum Gasteiger partial charge on any atom is 0.317 e. The molecular formula is C14H24N2O3S. The molecule has 5 nitrogen and oxygen atoms in total. The van der Waals surface area contributed by atoms with Gasteiger partial charge in [0.1, 0.15) is 0 Å². The SMILES string of the molecule is CCSC1CCCC1NC(=O)N1C[C@@H](C)[C@H](C(=O)O)C1. The summed E-state index contributed by atoms with van der Waals surface area (Å²) in [5.41, 5.74) is 0. The summed E-state index contributed by atoms with van der Waals surface area (Å²) in [5.74, 6) is -0.125. The minimum absolute atomic E-state index is 0.0302. The zero-order chi connectivity index (χ0) is 14.7. The van der Waals surface area contributed by atoms with E-state index in [9.17, 15) is 9.59 Å². The van der Waals surface area contributed by atoms with Crippen LogP contribution in [0, 0.1) is 11.8 Å². The largest absolute Gasteiger partial charge is 0.481 e. The van der Waals surface area contributed by atoms with Gasteiger partial charge in [0.25, 0.3) is 0 Å². The number of nitrogens with one attached hydrogen (secondary N) is 1. The number of carbonyl (C=O) groups is 2. The van der Waals surface area contributed by atoms with Gasteiger partial charge in [-0.3, -0.25) is 4.79 Å². The van der Waals surface area contributed by atoms with E-state index in [0.29, 0.717) is 18.3 Å². The zero-order valence-corrected chi connectivity index (χ0v) is 13.0. The number of thioether (sulfide) groups is 1. The van der Waals surface area contributed by atoms with Crippen LogP contribution < -0.4 is 5.32 Å². The van der Waals surface area contributed by atoms with E-state index in [-0.39, 0.29) is 18.0 Å². The minimum atomic E-state index is -0.798. The summed E-state index contributed by atoms with van der Waals surface area (Å²) >= 11 is 1.91. The fourth-order valence-electron chi connectivity index (χ4n) is 3.21. The van der Waals surface area contributed by atoms with Crippen LogP contribution in [-0.4, -0.2) is 52.1 Å². The Morgan fingerprint density at radius 2 is 2.10 bits per heavy atom. The molecule has 2 rings (SSSR count). The lowest BCUT2D eigenvalue weighted by Gasteiger charge is -2.24. The standard InChI is InChI=1S/C14H24N2O3S/c1-3-20-12-6-4-5-11(12)15-14(19)16-7-9(2)10(8-16)13(17)18/h9-12H,3-8H2,1-2H3,(H,15,19)(H,17,18)/t9-,10-,11?,12?/m1/s1. The van der Waals surface area contributed by atoms with Crippen LogP contribution in [-0.2, 0) is 4.79 Å². The number of carboxylic acids is 1. The molecule has 114 valence electrons. The van der Waals surface area contributed by atoms with Gasteiger partial charge >= 0.3 is 12.0 Å². The number of amides is 2. The van der Waals surface area contributed by atoms with Crippen molar-refractivity contribution in [2.45, 2.75) is 44.4 Å². The predicted molar refractivity (Wildman–Crippen MR) is 80.0 cm³/mol. The van der Waals surface area contributed by atoms with Gasteiger partial charge in [-0.25, -0.2) is 4.79 Å². The molecule has 0 radical (unpaired) electrons. The Kier molecular flexibility index (Phi) is 5.18. The van der Waals surface area contributed by atoms with Gasteiger partial charge in [-0.15, -0.1) is 0 Å². The van der Waals surface area contributed by atoms with E-state index < -0.39 is 11.9 Å². The first-order valence-corrected chi connectivity index (χ1v) is 8.47. The van der Waals surface area contributed by atoms with Crippen molar-refractivity contribution in [3.8, 4) is 0 Å². The molecule has 0 bridgehead atoms. The molecule has 2 amide bonds. The van der Waals surface area contributed by atoms with Crippen molar-refractivity contribution in [1.29, 1.82) is 0 Å². The van der Waals surface area contributed by atoms with Crippen LogP contribution in [0.1, 0.15) is 33.1 Å². The summed E-state index contributed by atoms with van der Waals surface area (Å²) in [6.07, 6.45) is 3.36. The molecule has 6 heteroatoms. The van der Waals surface area contributed by atoms with Crippen LogP contribution in [0.2, 0.25) is 0 Å². The first-order valence-electron chi connectivity index (χ1n) is 7.42. The molecule has 2 N–H and O–H groups in total. The summed E-state index contributed by atoms with van der Waals surface area (Å²) in [6, 6.07) is 0.154. The molecular weight excluding hydrogens is 276 g/mol. The van der Waals surface area contributed by atoms with Crippen LogP contribution in [0.3, 0.4) is 0 Å². The number of carboxylic acid groups (broad SMARTS) is 1. The van der Waals surface area contributed by atoms with Gasteiger partial charge in [-0.1, -0.05) is 20.3 Å². The van der Waals surface area contributed by atoms with Crippen molar-refractivity contribution in [2.75, 3.05) is 18.8 Å². The monoisotopic (exact) mass is 300 g/mol. The van der Waals surface area contributed by atoms with E-state index in [2.05, 4.69) is 12.2 Å². The molecule has 20 heavy (non-hydrogen) atoms. The zero-order valence-electron chi connectivity index (χ0n) is 12.2. The lowest BCUT2D eigenvalue weighted by molar-refractivity contribution is -0.142. The smallest absolute Gasteiger partial charge is 0.317 e. The highest BCUT2D eigenvalue weighted by molar-refractivity contribution is 7.99. The summed E-state index contributed by atoms with van der Waals surface area (Å²) in [4.78, 5) is 25.0. The van der Waals surface area contributed by atoms with Gasteiger partial charge in [0.15, 0.2) is 0 Å². The number of hydrogen-bond acceptors (Lipinski definition) is 3. The quantitative estimate of drug-likeness (QED) is 0.833. The number of likely N-dealkylation sites (tertiary alicyclic amines) is 1. The molecule has 2 aliphatic rings. The highest BCUT2D eigenvalue weighted by Crippen LogP contribution is 2.30. The van der Waals surface area contributed by atoms with Crippen molar-refractivity contribution in [2.24, 2.45) is 11.8 Å². The second-order valence-corrected chi connectivity index (χ2v) is 7.32. The molecule has 1 aliphatic carbocycles. The van der Waals surface area contributed by atoms with Crippen molar-refractivity contribution in [3.63, 3.8) is 0 Å². The second kappa shape index (κ2) is 6.70. The number of carbonyl (C=O) groups excluding carboxylic acids is 1. The Labute approximate surface area is 124 Å². The van der Waals surface area contributed by atoms with E-state index in [0.717, 1.165) is 25.0 Å². The third-order valence-electron chi connectivity index (χ3n) is 4.36. The van der Waals surface area contributed by atoms with E-state index in [1.165, 1.54) is 0 Å². The minimum Gasteiger partial charge on any atom is -0.481 e. The third kappa shape index (κ3) is 3.40. The molecule has 4 atom stereocenters. The highest BCUT2D eigenvalue weighted by Gasteiger charge is 2.38. The number of aliphatic carboxylic acids is 1. The van der Waals surface area contributed by atoms with E-state index in [4.69, 9.17) is 5.11 Å². The number of rotatable bonds is 4. The van der Waals surface area contributed by atoms with Gasteiger partial charge in [-0.2, -0.15) is 11.8 Å². The average molecular weight is 300 g/mol. The van der Waals surface area contributed by atoms with Gasteiger partial charge < -0.3 is 15.3 Å². The van der Waals surface area contributed by atoms with Crippen molar-refractivity contribution in [3.05, 3.63) is 0 Å². The Morgan fingerprint density at radius 1 is 1.35 bits per heavy atom. The molecule has 2 fully saturated rings. The average Bonchev–Trinajstić information content (AvgIpc) is 2.97. The van der Waals surface area contributed by atoms with Crippen molar-refractivity contribution in [1.82, 2.24) is 10.2 Å². The van der Waals surface area contributed by atoms with Crippen LogP contribution in [0.15, 0.2) is 0 Å². The van der Waals surface area contributed by atoms with Gasteiger partial charge in [0, 0.05) is 24.4 Å². The lowest BCUT2D eigenvalue weighted by Crippen LogP contribution is -2.46. The van der Waals surface area contributed by atoms with Crippen LogP contribution in [0.5, 0.6) is 0 Å². The highest BCUT2D eigenvalue weighted by atomic mass is 32.2. The Balaban J connectivity index is 1.88. The van der Waals surface area contributed by atoms with Crippen LogP contribution in [0.25, 0.3) is 0 Å². The van der Waals surface area contributed by atoms with E-state index in [1.54, 1.807) is 4.90 Å². The maximum absolute atomic E-state index is 12.3. The van der Waals surface area contributed by atoms with Crippen molar-refractivity contribution >= 4 is 23.8 Å². The number of hydrogen-bond donors (Lipinski definition) is 2. The fraction of sp³-hybridized carbons (Fsp3) is 0.857. The van der Waals surface area contributed by atoms with Gasteiger partial charge in [0.2, 0.25) is 0 Å². The molecule has 0 aromatic carbocycles. The molecule has 1 saturated heterocycles. The predicted octanol–water partition coefficient (Wildman–Crippen LogP) is 2.02. The topological polar surface area (TPSA) is 69.6 Å². The molecule has 1 heterocycles. The molecule has 1 saturated carbocycles. The summed E-state index contributed by atoms with van der Waals surface area (Å²) < 4.78 is 0. The second-order valence-electron chi connectivity index (χ2n) is 5.81. The summed E-state index contributed by atoms with van der Waals surface area (Å²) in [6.45, 7) is 4.92. The summed E-state index contributed by atoms with van der Waals surface area (Å²) in [7, 11) is 0. The first kappa shape index (κ1) is 15.5. The van der Waals surface area contributed by atoms with Crippen molar-refractivity contribution < 1.29 is 14.7 Å². The fourth-order valence-corrected chi connectivity index (χ4v) is 4.41. The van der Waals surface area contributed by atoms with E-state index >= 15 is 0 Å². The number of nitrogens with zero attached hydrogens (tertiary/aromatic N) is 1. The molecule has 0 aromatic heterocycles. The Hall–Kier alpha value is -0.910. The third-order valence-corrected chi connectivity index (χ3v) is 5.68. The molecule has 1 aliphatic heterocycles. The lowest BCUT2D eigenvalue weighted by atomic mass is 9.99. The summed E-state index contributed by atoms with van der Waals surface area (Å²) in [5, 5.41) is 12.7. The molecule has 2 unspecified atom stereocenters. The van der Waals surface area contributed by atoms with Gasteiger partial charge in [0.05, 0.1) is 5.92 Å². The molecule has 0 aromatic rings. The Bertz CT molecular complexity index is 377. The Morgan fingerprint density at radius 3 is 2.70 bits per heavy atom. The van der Waals surface area contributed by atoms with E-state index in [1.807, 2.05) is 18.7 Å². The first-order chi connectivity index (χ1) is 9.52. The maximum atomic E-state index is 12.3. The normalized spacial score (nSPS) is 33.4.